The second-order valence-corrected chi connectivity index (χ2v) is 4.56. The zero-order chi connectivity index (χ0) is 12.3. The molecule has 0 radical (unpaired) electrons. The fourth-order valence-electron chi connectivity index (χ4n) is 2.55. The van der Waals surface area contributed by atoms with Crippen molar-refractivity contribution < 1.29 is 9.50 Å². The van der Waals surface area contributed by atoms with Crippen molar-refractivity contribution in [2.75, 3.05) is 23.8 Å². The summed E-state index contributed by atoms with van der Waals surface area (Å²) in [5.74, 6) is -0.304. The van der Waals surface area contributed by atoms with Crippen LogP contribution in [0.4, 0.5) is 15.8 Å². The maximum Gasteiger partial charge on any atom is 0.125 e. The van der Waals surface area contributed by atoms with Gasteiger partial charge in [-0.15, -0.1) is 0 Å². The van der Waals surface area contributed by atoms with Gasteiger partial charge >= 0.3 is 0 Å². The molecule has 0 bridgehead atoms. The van der Waals surface area contributed by atoms with E-state index in [-0.39, 0.29) is 12.4 Å². The third-order valence-electron chi connectivity index (χ3n) is 3.39. The van der Waals surface area contributed by atoms with Crippen LogP contribution in [0.3, 0.4) is 0 Å². The minimum atomic E-state index is -0.304. The van der Waals surface area contributed by atoms with Crippen LogP contribution in [0.1, 0.15) is 25.7 Å². The van der Waals surface area contributed by atoms with Gasteiger partial charge in [0.25, 0.3) is 0 Å². The molecule has 0 aliphatic carbocycles. The first kappa shape index (κ1) is 12.2. The van der Waals surface area contributed by atoms with Crippen molar-refractivity contribution in [3.63, 3.8) is 0 Å². The van der Waals surface area contributed by atoms with Crippen molar-refractivity contribution in [3.05, 3.63) is 24.0 Å². The van der Waals surface area contributed by atoms with Gasteiger partial charge in [-0.3, -0.25) is 0 Å². The lowest BCUT2D eigenvalue weighted by molar-refractivity contribution is 0.262. The van der Waals surface area contributed by atoms with E-state index in [1.807, 2.05) is 0 Å². The Bertz CT molecular complexity index is 382. The highest BCUT2D eigenvalue weighted by molar-refractivity contribution is 5.68. The fourth-order valence-corrected chi connectivity index (χ4v) is 2.55. The number of benzene rings is 1. The Kier molecular flexibility index (Phi) is 3.84. The molecule has 17 heavy (non-hydrogen) atoms. The van der Waals surface area contributed by atoms with Gasteiger partial charge in [-0.2, -0.15) is 0 Å². The second kappa shape index (κ2) is 5.36. The van der Waals surface area contributed by atoms with Crippen LogP contribution in [0.5, 0.6) is 0 Å². The van der Waals surface area contributed by atoms with Crippen LogP contribution in [0.25, 0.3) is 0 Å². The number of nitrogens with zero attached hydrogens (tertiary/aromatic N) is 1. The SMILES string of the molecule is Nc1cc(F)ccc1N1CCCCC1CCO. The number of rotatable bonds is 3. The highest BCUT2D eigenvalue weighted by Gasteiger charge is 2.23. The summed E-state index contributed by atoms with van der Waals surface area (Å²) >= 11 is 0. The molecule has 0 aromatic heterocycles. The third-order valence-corrected chi connectivity index (χ3v) is 3.39. The normalized spacial score (nSPS) is 20.6. The highest BCUT2D eigenvalue weighted by Crippen LogP contribution is 2.31. The van der Waals surface area contributed by atoms with Crippen molar-refractivity contribution in [1.29, 1.82) is 0 Å². The molecule has 0 amide bonds. The highest BCUT2D eigenvalue weighted by atomic mass is 19.1. The van der Waals surface area contributed by atoms with Crippen LogP contribution >= 0.6 is 0 Å². The summed E-state index contributed by atoms with van der Waals surface area (Å²) in [6.45, 7) is 1.11. The van der Waals surface area contributed by atoms with E-state index in [0.717, 1.165) is 31.5 Å². The van der Waals surface area contributed by atoms with Crippen LogP contribution in [0.2, 0.25) is 0 Å². The predicted octanol–water partition coefficient (Wildman–Crippen LogP) is 2.15. The van der Waals surface area contributed by atoms with Gasteiger partial charge in [-0.25, -0.2) is 4.39 Å². The Labute approximate surface area is 101 Å². The van der Waals surface area contributed by atoms with Gasteiger partial charge in [-0.1, -0.05) is 0 Å². The maximum atomic E-state index is 13.0. The minimum absolute atomic E-state index is 0.183. The van der Waals surface area contributed by atoms with Crippen molar-refractivity contribution in [2.45, 2.75) is 31.7 Å². The van der Waals surface area contributed by atoms with E-state index < -0.39 is 0 Å². The monoisotopic (exact) mass is 238 g/mol. The number of piperidine rings is 1. The van der Waals surface area contributed by atoms with Crippen molar-refractivity contribution in [1.82, 2.24) is 0 Å². The first-order chi connectivity index (χ1) is 8.22. The molecule has 3 nitrogen and oxygen atoms in total. The van der Waals surface area contributed by atoms with E-state index in [1.54, 1.807) is 6.07 Å². The molecule has 1 aromatic carbocycles. The number of nitrogens with two attached hydrogens (primary N) is 1. The molecule has 1 fully saturated rings. The molecular weight excluding hydrogens is 219 g/mol. The van der Waals surface area contributed by atoms with E-state index in [1.165, 1.54) is 18.6 Å². The molecule has 94 valence electrons. The Morgan fingerprint density at radius 2 is 2.24 bits per heavy atom. The van der Waals surface area contributed by atoms with Crippen molar-refractivity contribution in [3.8, 4) is 0 Å². The Hall–Kier alpha value is -1.29. The first-order valence-electron chi connectivity index (χ1n) is 6.15. The van der Waals surface area contributed by atoms with Crippen LogP contribution in [0, 0.1) is 5.82 Å². The summed E-state index contributed by atoms with van der Waals surface area (Å²) in [5, 5.41) is 9.08. The topological polar surface area (TPSA) is 49.5 Å². The Morgan fingerprint density at radius 1 is 1.41 bits per heavy atom. The molecule has 2 rings (SSSR count). The molecule has 1 unspecified atom stereocenters. The number of anilines is 2. The lowest BCUT2D eigenvalue weighted by atomic mass is 9.98. The molecule has 0 saturated carbocycles. The lowest BCUT2D eigenvalue weighted by Gasteiger charge is -2.38. The maximum absolute atomic E-state index is 13.0. The van der Waals surface area contributed by atoms with E-state index in [4.69, 9.17) is 10.8 Å². The molecule has 4 heteroatoms. The molecule has 1 aliphatic rings. The molecule has 3 N–H and O–H groups in total. The summed E-state index contributed by atoms with van der Waals surface area (Å²) < 4.78 is 13.0. The predicted molar refractivity (Wildman–Crippen MR) is 67.5 cm³/mol. The van der Waals surface area contributed by atoms with E-state index in [9.17, 15) is 4.39 Å². The molecule has 1 aromatic rings. The lowest BCUT2D eigenvalue weighted by Crippen LogP contribution is -2.40. The van der Waals surface area contributed by atoms with Crippen LogP contribution in [-0.2, 0) is 0 Å². The Morgan fingerprint density at radius 3 is 2.94 bits per heavy atom. The summed E-state index contributed by atoms with van der Waals surface area (Å²) in [5.41, 5.74) is 7.24. The van der Waals surface area contributed by atoms with Crippen LogP contribution in [-0.4, -0.2) is 24.3 Å². The quantitative estimate of drug-likeness (QED) is 0.793. The average molecular weight is 238 g/mol. The number of aliphatic hydroxyl groups excluding tert-OH is 1. The zero-order valence-corrected chi connectivity index (χ0v) is 9.90. The van der Waals surface area contributed by atoms with Gasteiger partial charge in [-0.05, 0) is 43.9 Å². The van der Waals surface area contributed by atoms with Gasteiger partial charge in [0.1, 0.15) is 5.82 Å². The van der Waals surface area contributed by atoms with Gasteiger partial charge in [0.05, 0.1) is 11.4 Å². The second-order valence-electron chi connectivity index (χ2n) is 4.56. The number of aliphatic hydroxyl groups is 1. The molecule has 1 heterocycles. The van der Waals surface area contributed by atoms with E-state index in [0.29, 0.717) is 11.7 Å². The summed E-state index contributed by atoms with van der Waals surface area (Å²) in [4.78, 5) is 2.20. The standard InChI is InChI=1S/C13H19FN2O/c14-10-4-5-13(12(15)9-10)16-7-2-1-3-11(16)6-8-17/h4-5,9,11,17H,1-3,6-8,15H2. The molecule has 1 aliphatic heterocycles. The summed E-state index contributed by atoms with van der Waals surface area (Å²) in [6, 6.07) is 4.86. The first-order valence-corrected chi connectivity index (χ1v) is 6.15. The van der Waals surface area contributed by atoms with Gasteiger partial charge < -0.3 is 15.7 Å². The summed E-state index contributed by atoms with van der Waals surface area (Å²) in [6.07, 6.45) is 4.12. The molecule has 1 atom stereocenters. The number of nitrogen functional groups attached to an aromatic ring is 1. The molecule has 0 spiro atoms. The van der Waals surface area contributed by atoms with E-state index in [2.05, 4.69) is 4.90 Å². The number of halogens is 1. The van der Waals surface area contributed by atoms with Crippen LogP contribution < -0.4 is 10.6 Å². The van der Waals surface area contributed by atoms with E-state index >= 15 is 0 Å². The summed E-state index contributed by atoms with van der Waals surface area (Å²) in [7, 11) is 0. The smallest absolute Gasteiger partial charge is 0.125 e. The number of hydrogen-bond acceptors (Lipinski definition) is 3. The molecular formula is C13H19FN2O. The largest absolute Gasteiger partial charge is 0.397 e. The van der Waals surface area contributed by atoms with Crippen molar-refractivity contribution in [2.24, 2.45) is 0 Å². The third kappa shape index (κ3) is 2.69. The minimum Gasteiger partial charge on any atom is -0.397 e. The Balaban J connectivity index is 2.23. The van der Waals surface area contributed by atoms with Gasteiger partial charge in [0, 0.05) is 19.2 Å². The van der Waals surface area contributed by atoms with Gasteiger partial charge in [0.15, 0.2) is 0 Å². The fraction of sp³-hybridized carbons (Fsp3) is 0.538. The average Bonchev–Trinajstić information content (AvgIpc) is 2.31. The van der Waals surface area contributed by atoms with Crippen LogP contribution in [0.15, 0.2) is 18.2 Å². The molecule has 1 saturated heterocycles. The van der Waals surface area contributed by atoms with Gasteiger partial charge in [0.2, 0.25) is 0 Å². The van der Waals surface area contributed by atoms with Crippen molar-refractivity contribution >= 4 is 11.4 Å². The zero-order valence-electron chi connectivity index (χ0n) is 9.90. The number of hydrogen-bond donors (Lipinski definition) is 2.